The van der Waals surface area contributed by atoms with Crippen molar-refractivity contribution in [2.45, 2.75) is 20.8 Å². The molecule has 4 heterocycles. The summed E-state index contributed by atoms with van der Waals surface area (Å²) in [5.74, 6) is 5.06. The van der Waals surface area contributed by atoms with Crippen molar-refractivity contribution in [3.63, 3.8) is 0 Å². The molecular weight excluding hydrogens is 482 g/mol. The third-order valence-corrected chi connectivity index (χ3v) is 8.45. The number of benzene rings is 5. The number of hydrogen-bond acceptors (Lipinski definition) is 4. The summed E-state index contributed by atoms with van der Waals surface area (Å²) in [6.07, 6.45) is 0. The van der Waals surface area contributed by atoms with Crippen molar-refractivity contribution in [2.75, 3.05) is 0 Å². The Morgan fingerprint density at radius 2 is 0.949 bits per heavy atom. The Hall–Kier alpha value is -4.57. The molecule has 0 saturated carbocycles. The smallest absolute Gasteiger partial charge is 0.434 e. The van der Waals surface area contributed by atoms with Crippen LogP contribution in [0.25, 0.3) is 22.3 Å². The molecule has 6 heteroatoms. The average Bonchev–Trinajstić information content (AvgIpc) is 2.94. The third-order valence-electron chi connectivity index (χ3n) is 8.45. The van der Waals surface area contributed by atoms with Crippen LogP contribution in [0.1, 0.15) is 16.7 Å². The van der Waals surface area contributed by atoms with Crippen LogP contribution in [0.4, 0.5) is 0 Å². The highest BCUT2D eigenvalue weighted by Crippen LogP contribution is 2.44. The molecule has 184 valence electrons. The topological polar surface area (TPSA) is 36.9 Å². The van der Waals surface area contributed by atoms with Gasteiger partial charge >= 0.3 is 13.8 Å². The molecule has 0 aliphatic carbocycles. The van der Waals surface area contributed by atoms with Gasteiger partial charge in [-0.15, -0.1) is 0 Å². The molecule has 39 heavy (non-hydrogen) atoms. The molecule has 0 aromatic heterocycles. The maximum Gasteiger partial charge on any atom is 0.434 e. The molecular formula is C33H22B2O4. The number of ether oxygens (including phenoxy) is 2. The van der Waals surface area contributed by atoms with Crippen molar-refractivity contribution >= 4 is 35.7 Å². The Morgan fingerprint density at radius 3 is 1.44 bits per heavy atom. The van der Waals surface area contributed by atoms with E-state index >= 15 is 0 Å². The van der Waals surface area contributed by atoms with E-state index in [0.717, 1.165) is 84.2 Å². The Bertz CT molecular complexity index is 1790. The number of aryl methyl sites for hydroxylation is 2. The van der Waals surface area contributed by atoms with E-state index in [0.29, 0.717) is 0 Å². The van der Waals surface area contributed by atoms with Crippen molar-refractivity contribution in [3.05, 3.63) is 95.6 Å². The molecule has 0 fully saturated rings. The van der Waals surface area contributed by atoms with Gasteiger partial charge < -0.3 is 18.8 Å². The van der Waals surface area contributed by atoms with E-state index < -0.39 is 0 Å². The molecule has 0 unspecified atom stereocenters. The predicted octanol–water partition coefficient (Wildman–Crippen LogP) is 5.15. The summed E-state index contributed by atoms with van der Waals surface area (Å²) in [5, 5.41) is 0. The number of fused-ring (bicyclic) bond motifs is 8. The van der Waals surface area contributed by atoms with Gasteiger partial charge in [0.05, 0.1) is 0 Å². The number of para-hydroxylation sites is 2. The van der Waals surface area contributed by atoms with Crippen LogP contribution >= 0.6 is 0 Å². The normalized spacial score (nSPS) is 14.2. The van der Waals surface area contributed by atoms with Gasteiger partial charge in [0, 0.05) is 38.5 Å². The van der Waals surface area contributed by atoms with Gasteiger partial charge in [-0.05, 0) is 67.3 Å². The monoisotopic (exact) mass is 504 g/mol. The first-order valence-electron chi connectivity index (χ1n) is 13.4. The van der Waals surface area contributed by atoms with Crippen molar-refractivity contribution in [1.29, 1.82) is 0 Å². The molecule has 0 bridgehead atoms. The zero-order chi connectivity index (χ0) is 26.0. The van der Waals surface area contributed by atoms with Crippen LogP contribution in [0.15, 0.2) is 78.9 Å². The third kappa shape index (κ3) is 2.76. The van der Waals surface area contributed by atoms with E-state index in [9.17, 15) is 0 Å². The largest absolute Gasteiger partial charge is 0.551 e. The second-order valence-electron chi connectivity index (χ2n) is 11.0. The lowest BCUT2D eigenvalue weighted by Crippen LogP contribution is -2.58. The van der Waals surface area contributed by atoms with Gasteiger partial charge in [-0.2, -0.15) is 0 Å². The van der Waals surface area contributed by atoms with E-state index in [2.05, 4.69) is 87.5 Å². The van der Waals surface area contributed by atoms with E-state index in [1.165, 1.54) is 11.1 Å². The molecule has 4 aliphatic rings. The molecule has 0 atom stereocenters. The highest BCUT2D eigenvalue weighted by atomic mass is 16.5. The number of hydrogen-bond donors (Lipinski definition) is 0. The standard InChI is InChI=1S/C33H22B2O4/c1-17-12-22-20-8-4-6-10-26(20)38-34-24-16-25-33(19(3)32(24)36-28(14-17)30(22)34)37-29-15-18(2)13-23-21-9-5-7-11-27(21)39-35(25)31(23)29/h4-16H,1-3H3. The quantitative estimate of drug-likeness (QED) is 0.274. The molecule has 0 N–H and O–H groups in total. The van der Waals surface area contributed by atoms with Gasteiger partial charge in [0.15, 0.2) is 0 Å². The van der Waals surface area contributed by atoms with Gasteiger partial charge in [-0.25, -0.2) is 0 Å². The summed E-state index contributed by atoms with van der Waals surface area (Å²) in [5.41, 5.74) is 11.9. The van der Waals surface area contributed by atoms with Gasteiger partial charge in [0.1, 0.15) is 34.5 Å². The van der Waals surface area contributed by atoms with Crippen molar-refractivity contribution < 1.29 is 18.8 Å². The molecule has 5 aromatic carbocycles. The second-order valence-corrected chi connectivity index (χ2v) is 11.0. The first-order valence-corrected chi connectivity index (χ1v) is 13.4. The van der Waals surface area contributed by atoms with Crippen molar-refractivity contribution in [3.8, 4) is 56.8 Å². The predicted molar refractivity (Wildman–Crippen MR) is 156 cm³/mol. The Morgan fingerprint density at radius 1 is 0.487 bits per heavy atom. The minimum atomic E-state index is -0.284. The zero-order valence-electron chi connectivity index (χ0n) is 21.8. The highest BCUT2D eigenvalue weighted by molar-refractivity contribution is 6.87. The summed E-state index contributed by atoms with van der Waals surface area (Å²) in [4.78, 5) is 0. The van der Waals surface area contributed by atoms with E-state index in [1.807, 2.05) is 12.1 Å². The second kappa shape index (κ2) is 7.29. The minimum absolute atomic E-state index is 0.284. The maximum absolute atomic E-state index is 6.74. The van der Waals surface area contributed by atoms with Crippen LogP contribution in [0, 0.1) is 20.8 Å². The van der Waals surface area contributed by atoms with Gasteiger partial charge in [-0.1, -0.05) is 54.6 Å². The van der Waals surface area contributed by atoms with Gasteiger partial charge in [0.2, 0.25) is 0 Å². The van der Waals surface area contributed by atoms with Crippen molar-refractivity contribution in [1.82, 2.24) is 0 Å². The highest BCUT2D eigenvalue weighted by Gasteiger charge is 2.47. The average molecular weight is 504 g/mol. The van der Waals surface area contributed by atoms with Crippen LogP contribution in [-0.4, -0.2) is 13.8 Å². The van der Waals surface area contributed by atoms with Crippen LogP contribution in [0.3, 0.4) is 0 Å². The van der Waals surface area contributed by atoms with E-state index in [4.69, 9.17) is 18.8 Å². The molecule has 0 radical (unpaired) electrons. The molecule has 5 aromatic rings. The maximum atomic E-state index is 6.74. The fourth-order valence-electron chi connectivity index (χ4n) is 6.79. The lowest BCUT2D eigenvalue weighted by molar-refractivity contribution is 0.452. The molecule has 9 rings (SSSR count). The van der Waals surface area contributed by atoms with Gasteiger partial charge in [0.25, 0.3) is 0 Å². The zero-order valence-corrected chi connectivity index (χ0v) is 21.8. The summed E-state index contributed by atoms with van der Waals surface area (Å²) < 4.78 is 26.9. The summed E-state index contributed by atoms with van der Waals surface area (Å²) in [6, 6.07) is 27.4. The van der Waals surface area contributed by atoms with Gasteiger partial charge in [-0.3, -0.25) is 0 Å². The lowest BCUT2D eigenvalue weighted by Gasteiger charge is -2.37. The fourth-order valence-corrected chi connectivity index (χ4v) is 6.79. The molecule has 0 spiro atoms. The first kappa shape index (κ1) is 21.4. The Labute approximate surface area is 227 Å². The fraction of sp³-hybridized carbons (Fsp3) is 0.0909. The molecule has 0 amide bonds. The lowest BCUT2D eigenvalue weighted by atomic mass is 9.46. The summed E-state index contributed by atoms with van der Waals surface area (Å²) in [7, 11) is 0. The van der Waals surface area contributed by atoms with E-state index in [-0.39, 0.29) is 13.8 Å². The Kier molecular flexibility index (Phi) is 4.00. The number of rotatable bonds is 0. The first-order chi connectivity index (χ1) is 19.0. The minimum Gasteiger partial charge on any atom is -0.551 e. The van der Waals surface area contributed by atoms with Crippen molar-refractivity contribution in [2.24, 2.45) is 0 Å². The van der Waals surface area contributed by atoms with Crippen LogP contribution in [0.5, 0.6) is 34.5 Å². The summed E-state index contributed by atoms with van der Waals surface area (Å²) in [6.45, 7) is 5.73. The Balaban J connectivity index is 1.29. The molecule has 4 nitrogen and oxygen atoms in total. The molecule has 0 saturated heterocycles. The van der Waals surface area contributed by atoms with E-state index in [1.54, 1.807) is 0 Å². The molecule has 4 aliphatic heterocycles. The summed E-state index contributed by atoms with van der Waals surface area (Å²) >= 11 is 0. The SMILES string of the molecule is Cc1cc2c3c(c1)-c1ccccc1OB3c1cc3c(c(C)c1O2)Oc1cc(C)cc2c1B3Oc1ccccc1-2. The van der Waals surface area contributed by atoms with Crippen LogP contribution < -0.4 is 40.6 Å². The van der Waals surface area contributed by atoms with Crippen LogP contribution in [0.2, 0.25) is 0 Å². The van der Waals surface area contributed by atoms with Crippen LogP contribution in [-0.2, 0) is 0 Å².